The molecule has 2 aromatic rings. The molecule has 1 aromatic heterocycles. The number of carbonyl (C=O) groups excluding carboxylic acids is 1. The Kier molecular flexibility index (Phi) is 5.08. The molecule has 0 saturated heterocycles. The van der Waals surface area contributed by atoms with Crippen molar-refractivity contribution in [2.75, 3.05) is 10.6 Å². The topological polar surface area (TPSA) is 50.4 Å². The van der Waals surface area contributed by atoms with Crippen LogP contribution in [-0.4, -0.2) is 11.7 Å². The van der Waals surface area contributed by atoms with Gasteiger partial charge in [0, 0.05) is 6.04 Å². The van der Waals surface area contributed by atoms with Crippen LogP contribution in [0.25, 0.3) is 0 Å². The summed E-state index contributed by atoms with van der Waals surface area (Å²) in [5.74, 6) is 0. The number of benzene rings is 1. The first kappa shape index (κ1) is 16.4. The fraction of sp³-hybridized carbons (Fsp3) is 0.353. The van der Waals surface area contributed by atoms with Crippen molar-refractivity contribution >= 4 is 28.8 Å². The number of thiophene rings is 1. The van der Waals surface area contributed by atoms with Gasteiger partial charge < -0.3 is 10.1 Å². The maximum atomic E-state index is 11.9. The molecule has 2 rings (SSSR count). The minimum absolute atomic E-state index is 0.160. The van der Waals surface area contributed by atoms with Gasteiger partial charge in [-0.2, -0.15) is 11.3 Å². The Bertz CT molecular complexity index is 618. The van der Waals surface area contributed by atoms with E-state index < -0.39 is 11.7 Å². The van der Waals surface area contributed by atoms with Crippen molar-refractivity contribution in [3.63, 3.8) is 0 Å². The van der Waals surface area contributed by atoms with Gasteiger partial charge in [-0.3, -0.25) is 5.32 Å². The highest BCUT2D eigenvalue weighted by Crippen LogP contribution is 2.27. The molecular weight excluding hydrogens is 296 g/mol. The van der Waals surface area contributed by atoms with Crippen LogP contribution in [0.15, 0.2) is 41.1 Å². The first-order chi connectivity index (χ1) is 10.3. The van der Waals surface area contributed by atoms with Crippen LogP contribution in [0.1, 0.15) is 39.3 Å². The van der Waals surface area contributed by atoms with Crippen molar-refractivity contribution in [3.05, 3.63) is 46.7 Å². The lowest BCUT2D eigenvalue weighted by Crippen LogP contribution is -2.27. The molecule has 1 aromatic carbocycles. The number of ether oxygens (including phenoxy) is 1. The van der Waals surface area contributed by atoms with Crippen LogP contribution in [0.4, 0.5) is 16.2 Å². The molecule has 1 unspecified atom stereocenters. The molecule has 22 heavy (non-hydrogen) atoms. The van der Waals surface area contributed by atoms with Gasteiger partial charge >= 0.3 is 6.09 Å². The molecule has 0 aliphatic heterocycles. The SMILES string of the molecule is CC(Nc1ccccc1NC(=O)OC(C)(C)C)c1ccsc1. The molecule has 0 aliphatic rings. The van der Waals surface area contributed by atoms with E-state index in [1.807, 2.05) is 45.0 Å². The summed E-state index contributed by atoms with van der Waals surface area (Å²) in [6, 6.07) is 9.86. The zero-order valence-electron chi connectivity index (χ0n) is 13.3. The van der Waals surface area contributed by atoms with Crippen molar-refractivity contribution in [1.29, 1.82) is 0 Å². The minimum Gasteiger partial charge on any atom is -0.444 e. The summed E-state index contributed by atoms with van der Waals surface area (Å²) in [6.07, 6.45) is -0.454. The summed E-state index contributed by atoms with van der Waals surface area (Å²) in [4.78, 5) is 11.9. The lowest BCUT2D eigenvalue weighted by Gasteiger charge is -2.21. The summed E-state index contributed by atoms with van der Waals surface area (Å²) in [6.45, 7) is 7.62. The maximum Gasteiger partial charge on any atom is 0.412 e. The van der Waals surface area contributed by atoms with E-state index in [-0.39, 0.29) is 6.04 Å². The number of hydrogen-bond acceptors (Lipinski definition) is 4. The molecule has 5 heteroatoms. The summed E-state index contributed by atoms with van der Waals surface area (Å²) in [5.41, 5.74) is 2.28. The third-order valence-corrected chi connectivity index (χ3v) is 3.68. The van der Waals surface area contributed by atoms with Gasteiger partial charge in [-0.25, -0.2) is 4.79 Å². The first-order valence-corrected chi connectivity index (χ1v) is 8.17. The number of amides is 1. The second-order valence-corrected chi connectivity index (χ2v) is 6.88. The molecule has 0 aliphatic carbocycles. The summed E-state index contributed by atoms with van der Waals surface area (Å²) in [7, 11) is 0. The van der Waals surface area contributed by atoms with E-state index >= 15 is 0 Å². The highest BCUT2D eigenvalue weighted by atomic mass is 32.1. The van der Waals surface area contributed by atoms with Crippen LogP contribution in [0.2, 0.25) is 0 Å². The van der Waals surface area contributed by atoms with Crippen molar-refractivity contribution < 1.29 is 9.53 Å². The van der Waals surface area contributed by atoms with Crippen LogP contribution >= 0.6 is 11.3 Å². The molecule has 1 atom stereocenters. The van der Waals surface area contributed by atoms with Crippen LogP contribution in [0.3, 0.4) is 0 Å². The molecule has 118 valence electrons. The highest BCUT2D eigenvalue weighted by Gasteiger charge is 2.17. The Balaban J connectivity index is 2.08. The third kappa shape index (κ3) is 4.77. The average molecular weight is 318 g/mol. The Morgan fingerprint density at radius 2 is 1.86 bits per heavy atom. The highest BCUT2D eigenvalue weighted by molar-refractivity contribution is 7.08. The molecule has 1 heterocycles. The smallest absolute Gasteiger partial charge is 0.412 e. The monoisotopic (exact) mass is 318 g/mol. The second kappa shape index (κ2) is 6.83. The lowest BCUT2D eigenvalue weighted by atomic mass is 10.1. The zero-order chi connectivity index (χ0) is 16.2. The summed E-state index contributed by atoms with van der Waals surface area (Å²) < 4.78 is 5.30. The van der Waals surface area contributed by atoms with E-state index in [1.165, 1.54) is 5.56 Å². The van der Waals surface area contributed by atoms with E-state index in [1.54, 1.807) is 11.3 Å². The predicted molar refractivity (Wildman–Crippen MR) is 92.7 cm³/mol. The summed E-state index contributed by atoms with van der Waals surface area (Å²) in [5, 5.41) is 10.4. The number of nitrogens with one attached hydrogen (secondary N) is 2. The standard InChI is InChI=1S/C17H22N2O2S/c1-12(13-9-10-22-11-13)18-14-7-5-6-8-15(14)19-16(20)21-17(2,3)4/h5-12,18H,1-4H3,(H,19,20). The van der Waals surface area contributed by atoms with Gasteiger partial charge in [0.1, 0.15) is 5.60 Å². The van der Waals surface area contributed by atoms with Gasteiger partial charge in [-0.05, 0) is 62.2 Å². The van der Waals surface area contributed by atoms with E-state index in [0.717, 1.165) is 5.69 Å². The number of rotatable bonds is 4. The van der Waals surface area contributed by atoms with Crippen LogP contribution < -0.4 is 10.6 Å². The normalized spacial score (nSPS) is 12.5. The van der Waals surface area contributed by atoms with Gasteiger partial charge in [-0.1, -0.05) is 12.1 Å². The molecule has 2 N–H and O–H groups in total. The molecule has 0 spiro atoms. The Morgan fingerprint density at radius 3 is 2.45 bits per heavy atom. The van der Waals surface area contributed by atoms with Crippen LogP contribution in [0, 0.1) is 0 Å². The van der Waals surface area contributed by atoms with Crippen molar-refractivity contribution in [2.45, 2.75) is 39.3 Å². The zero-order valence-corrected chi connectivity index (χ0v) is 14.2. The van der Waals surface area contributed by atoms with Gasteiger partial charge in [0.25, 0.3) is 0 Å². The number of anilines is 2. The van der Waals surface area contributed by atoms with Crippen molar-refractivity contribution in [1.82, 2.24) is 0 Å². The van der Waals surface area contributed by atoms with Gasteiger partial charge in [0.15, 0.2) is 0 Å². The Morgan fingerprint density at radius 1 is 1.18 bits per heavy atom. The van der Waals surface area contributed by atoms with Crippen molar-refractivity contribution in [2.24, 2.45) is 0 Å². The molecule has 0 bridgehead atoms. The second-order valence-electron chi connectivity index (χ2n) is 6.10. The average Bonchev–Trinajstić information content (AvgIpc) is 2.92. The number of para-hydroxylation sites is 2. The largest absolute Gasteiger partial charge is 0.444 e. The fourth-order valence-corrected chi connectivity index (χ4v) is 2.72. The van der Waals surface area contributed by atoms with Crippen LogP contribution in [-0.2, 0) is 4.74 Å². The number of hydrogen-bond donors (Lipinski definition) is 2. The maximum absolute atomic E-state index is 11.9. The summed E-state index contributed by atoms with van der Waals surface area (Å²) >= 11 is 1.67. The third-order valence-electron chi connectivity index (χ3n) is 2.98. The van der Waals surface area contributed by atoms with Gasteiger partial charge in [0.05, 0.1) is 11.4 Å². The van der Waals surface area contributed by atoms with E-state index in [4.69, 9.17) is 4.74 Å². The molecule has 0 saturated carbocycles. The molecule has 0 fully saturated rings. The number of carbonyl (C=O) groups is 1. The van der Waals surface area contributed by atoms with Gasteiger partial charge in [-0.15, -0.1) is 0 Å². The molecule has 0 radical (unpaired) electrons. The minimum atomic E-state index is -0.517. The predicted octanol–water partition coefficient (Wildman–Crippen LogP) is 5.27. The van der Waals surface area contributed by atoms with Crippen LogP contribution in [0.5, 0.6) is 0 Å². The van der Waals surface area contributed by atoms with Crippen molar-refractivity contribution in [3.8, 4) is 0 Å². The Labute approximate surface area is 135 Å². The lowest BCUT2D eigenvalue weighted by molar-refractivity contribution is 0.0636. The quantitative estimate of drug-likeness (QED) is 0.807. The Hall–Kier alpha value is -2.01. The molecule has 1 amide bonds. The van der Waals surface area contributed by atoms with E-state index in [2.05, 4.69) is 34.4 Å². The van der Waals surface area contributed by atoms with E-state index in [9.17, 15) is 4.79 Å². The molecule has 4 nitrogen and oxygen atoms in total. The first-order valence-electron chi connectivity index (χ1n) is 7.23. The van der Waals surface area contributed by atoms with Gasteiger partial charge in [0.2, 0.25) is 0 Å². The fourth-order valence-electron chi connectivity index (χ4n) is 1.97. The molecular formula is C17H22N2O2S. The van der Waals surface area contributed by atoms with E-state index in [0.29, 0.717) is 5.69 Å².